The summed E-state index contributed by atoms with van der Waals surface area (Å²) in [6.07, 6.45) is 8.62. The number of aromatic nitrogens is 3. The van der Waals surface area contributed by atoms with Gasteiger partial charge in [-0.15, -0.1) is 0 Å². The van der Waals surface area contributed by atoms with Crippen LogP contribution in [0.5, 0.6) is 0 Å². The summed E-state index contributed by atoms with van der Waals surface area (Å²) < 4.78 is 1.76. The van der Waals surface area contributed by atoms with E-state index in [1.807, 2.05) is 42.6 Å². The zero-order chi connectivity index (χ0) is 20.2. The Morgan fingerprint density at radius 3 is 2.28 bits per heavy atom. The second kappa shape index (κ2) is 8.43. The van der Waals surface area contributed by atoms with E-state index in [0.29, 0.717) is 15.6 Å². The molecular weight excluding hydrogens is 405 g/mol. The Bertz CT molecular complexity index is 1170. The summed E-state index contributed by atoms with van der Waals surface area (Å²) in [5.74, 6) is -0.113. The standard InChI is InChI=1S/C23H15Cl2N3O/c24-19-6-3-16(4-7-19)22(29)12-5-18-15-28(21-10-8-20(25)9-11-21)27-23(18)17-2-1-13-26-14-17/h1-15H. The number of hydrogen-bond acceptors (Lipinski definition) is 3. The van der Waals surface area contributed by atoms with Crippen LogP contribution in [0.15, 0.2) is 85.3 Å². The molecule has 0 spiro atoms. The summed E-state index contributed by atoms with van der Waals surface area (Å²) >= 11 is 11.9. The SMILES string of the molecule is O=C(C=Cc1cn(-c2ccc(Cl)cc2)nc1-c1cccnc1)c1ccc(Cl)cc1. The van der Waals surface area contributed by atoms with E-state index in [2.05, 4.69) is 4.98 Å². The van der Waals surface area contributed by atoms with E-state index in [0.717, 1.165) is 22.5 Å². The maximum absolute atomic E-state index is 12.5. The molecular formula is C23H15Cl2N3O. The molecule has 0 aliphatic carbocycles. The van der Waals surface area contributed by atoms with E-state index in [-0.39, 0.29) is 5.78 Å². The minimum absolute atomic E-state index is 0.113. The summed E-state index contributed by atoms with van der Waals surface area (Å²) in [6, 6.07) is 18.0. The van der Waals surface area contributed by atoms with Crippen molar-refractivity contribution >= 4 is 35.1 Å². The zero-order valence-corrected chi connectivity index (χ0v) is 16.7. The molecule has 6 heteroatoms. The minimum Gasteiger partial charge on any atom is -0.289 e. The number of allylic oxidation sites excluding steroid dienone is 1. The summed E-state index contributed by atoms with van der Waals surface area (Å²) in [5.41, 5.74) is 3.82. The summed E-state index contributed by atoms with van der Waals surface area (Å²) in [4.78, 5) is 16.7. The van der Waals surface area contributed by atoms with Gasteiger partial charge in [0, 0.05) is 45.3 Å². The number of halogens is 2. The maximum atomic E-state index is 12.5. The molecule has 0 amide bonds. The van der Waals surface area contributed by atoms with Crippen LogP contribution in [0.2, 0.25) is 10.0 Å². The Balaban J connectivity index is 1.71. The number of nitrogens with zero attached hydrogens (tertiary/aromatic N) is 3. The molecule has 0 atom stereocenters. The topological polar surface area (TPSA) is 47.8 Å². The van der Waals surface area contributed by atoms with Gasteiger partial charge in [-0.05, 0) is 72.8 Å². The molecule has 0 radical (unpaired) electrons. The van der Waals surface area contributed by atoms with E-state index < -0.39 is 0 Å². The average molecular weight is 420 g/mol. The normalized spacial score (nSPS) is 11.1. The monoisotopic (exact) mass is 419 g/mol. The molecule has 0 bridgehead atoms. The number of benzene rings is 2. The molecule has 29 heavy (non-hydrogen) atoms. The zero-order valence-electron chi connectivity index (χ0n) is 15.2. The van der Waals surface area contributed by atoms with Gasteiger partial charge >= 0.3 is 0 Å². The fourth-order valence-corrected chi connectivity index (χ4v) is 3.09. The highest BCUT2D eigenvalue weighted by molar-refractivity contribution is 6.31. The predicted octanol–water partition coefficient (Wildman–Crippen LogP) is 6.14. The van der Waals surface area contributed by atoms with Gasteiger partial charge in [0.05, 0.1) is 5.69 Å². The molecule has 0 N–H and O–H groups in total. The van der Waals surface area contributed by atoms with Crippen molar-refractivity contribution in [2.24, 2.45) is 0 Å². The third kappa shape index (κ3) is 4.45. The molecule has 0 unspecified atom stereocenters. The van der Waals surface area contributed by atoms with Gasteiger partial charge in [0.1, 0.15) is 5.69 Å². The van der Waals surface area contributed by atoms with Crippen LogP contribution in [-0.4, -0.2) is 20.5 Å². The largest absolute Gasteiger partial charge is 0.289 e. The van der Waals surface area contributed by atoms with Gasteiger partial charge in [0.25, 0.3) is 0 Å². The molecule has 2 aromatic carbocycles. The van der Waals surface area contributed by atoms with Crippen molar-refractivity contribution in [3.05, 3.63) is 107 Å². The molecule has 0 saturated carbocycles. The van der Waals surface area contributed by atoms with Crippen LogP contribution in [0.3, 0.4) is 0 Å². The van der Waals surface area contributed by atoms with Gasteiger partial charge in [0.2, 0.25) is 0 Å². The molecule has 4 rings (SSSR count). The van der Waals surface area contributed by atoms with Crippen LogP contribution in [0.4, 0.5) is 0 Å². The van der Waals surface area contributed by atoms with Crippen LogP contribution >= 0.6 is 23.2 Å². The number of hydrogen-bond donors (Lipinski definition) is 0. The van der Waals surface area contributed by atoms with Gasteiger partial charge in [-0.25, -0.2) is 4.68 Å². The van der Waals surface area contributed by atoms with Gasteiger partial charge < -0.3 is 0 Å². The van der Waals surface area contributed by atoms with E-state index >= 15 is 0 Å². The van der Waals surface area contributed by atoms with Crippen LogP contribution in [-0.2, 0) is 0 Å². The molecule has 4 aromatic rings. The molecule has 2 heterocycles. The molecule has 0 aliphatic heterocycles. The molecule has 2 aromatic heterocycles. The molecule has 0 aliphatic rings. The van der Waals surface area contributed by atoms with Crippen molar-refractivity contribution in [3.63, 3.8) is 0 Å². The first-order chi connectivity index (χ1) is 14.1. The third-order valence-corrected chi connectivity index (χ3v) is 4.82. The quantitative estimate of drug-likeness (QED) is 0.288. The smallest absolute Gasteiger partial charge is 0.185 e. The Hall–Kier alpha value is -3.21. The number of pyridine rings is 1. The first-order valence-corrected chi connectivity index (χ1v) is 9.60. The number of carbonyl (C=O) groups is 1. The van der Waals surface area contributed by atoms with E-state index in [4.69, 9.17) is 28.3 Å². The second-order valence-electron chi connectivity index (χ2n) is 6.30. The fraction of sp³-hybridized carbons (Fsp3) is 0. The van der Waals surface area contributed by atoms with Crippen molar-refractivity contribution in [3.8, 4) is 16.9 Å². The van der Waals surface area contributed by atoms with Gasteiger partial charge in [-0.1, -0.05) is 23.2 Å². The van der Waals surface area contributed by atoms with Crippen molar-refractivity contribution in [1.82, 2.24) is 14.8 Å². The molecule has 4 nitrogen and oxygen atoms in total. The number of carbonyl (C=O) groups excluding carboxylic acids is 1. The van der Waals surface area contributed by atoms with E-state index in [1.165, 1.54) is 6.08 Å². The lowest BCUT2D eigenvalue weighted by atomic mass is 10.1. The summed E-state index contributed by atoms with van der Waals surface area (Å²) in [5, 5.41) is 5.94. The summed E-state index contributed by atoms with van der Waals surface area (Å²) in [7, 11) is 0. The van der Waals surface area contributed by atoms with Gasteiger partial charge in [-0.3, -0.25) is 9.78 Å². The second-order valence-corrected chi connectivity index (χ2v) is 7.17. The minimum atomic E-state index is -0.113. The van der Waals surface area contributed by atoms with E-state index in [9.17, 15) is 4.79 Å². The van der Waals surface area contributed by atoms with E-state index in [1.54, 1.807) is 47.4 Å². The summed E-state index contributed by atoms with van der Waals surface area (Å²) in [6.45, 7) is 0. The van der Waals surface area contributed by atoms with Crippen molar-refractivity contribution in [1.29, 1.82) is 0 Å². The highest BCUT2D eigenvalue weighted by atomic mass is 35.5. The molecule has 0 saturated heterocycles. The van der Waals surface area contributed by atoms with Crippen molar-refractivity contribution in [2.75, 3.05) is 0 Å². The molecule has 0 fully saturated rings. The Morgan fingerprint density at radius 2 is 1.62 bits per heavy atom. The Kier molecular flexibility index (Phi) is 5.56. The van der Waals surface area contributed by atoms with Crippen LogP contribution in [0.1, 0.15) is 15.9 Å². The van der Waals surface area contributed by atoms with Crippen LogP contribution in [0, 0.1) is 0 Å². The lowest BCUT2D eigenvalue weighted by Crippen LogP contribution is -1.94. The van der Waals surface area contributed by atoms with Crippen molar-refractivity contribution in [2.45, 2.75) is 0 Å². The van der Waals surface area contributed by atoms with Crippen LogP contribution in [0.25, 0.3) is 23.0 Å². The first-order valence-electron chi connectivity index (χ1n) is 8.84. The first kappa shape index (κ1) is 19.1. The van der Waals surface area contributed by atoms with Crippen LogP contribution < -0.4 is 0 Å². The van der Waals surface area contributed by atoms with Crippen molar-refractivity contribution < 1.29 is 4.79 Å². The Labute approximate surface area is 178 Å². The highest BCUT2D eigenvalue weighted by Crippen LogP contribution is 2.25. The number of ketones is 1. The lowest BCUT2D eigenvalue weighted by Gasteiger charge is -2.00. The van der Waals surface area contributed by atoms with Gasteiger partial charge in [0.15, 0.2) is 5.78 Å². The highest BCUT2D eigenvalue weighted by Gasteiger charge is 2.11. The third-order valence-electron chi connectivity index (χ3n) is 4.31. The molecule has 142 valence electrons. The number of rotatable bonds is 5. The average Bonchev–Trinajstić information content (AvgIpc) is 3.18. The fourth-order valence-electron chi connectivity index (χ4n) is 2.84. The predicted molar refractivity (Wildman–Crippen MR) is 117 cm³/mol. The lowest BCUT2D eigenvalue weighted by molar-refractivity contribution is 0.104. The van der Waals surface area contributed by atoms with Gasteiger partial charge in [-0.2, -0.15) is 5.10 Å². The Morgan fingerprint density at radius 1 is 0.931 bits per heavy atom. The maximum Gasteiger partial charge on any atom is 0.185 e.